The molecular weight excluding hydrogens is 136 g/mol. The van der Waals surface area contributed by atoms with E-state index in [9.17, 15) is 0 Å². The smallest absolute Gasteiger partial charge is 0.0602 e. The summed E-state index contributed by atoms with van der Waals surface area (Å²) < 4.78 is 4.82. The molecule has 56 valence electrons. The van der Waals surface area contributed by atoms with Gasteiger partial charge < -0.3 is 9.84 Å². The highest BCUT2D eigenvalue weighted by molar-refractivity contribution is 7.99. The van der Waals surface area contributed by atoms with Crippen molar-refractivity contribution in [3.8, 4) is 0 Å². The molecule has 0 aliphatic rings. The Balaban J connectivity index is 2.75. The van der Waals surface area contributed by atoms with Crippen molar-refractivity contribution < 1.29 is 9.84 Å². The summed E-state index contributed by atoms with van der Waals surface area (Å²) in [4.78, 5) is 0. The van der Waals surface area contributed by atoms with E-state index in [1.165, 1.54) is 0 Å². The molecule has 0 aliphatic carbocycles. The van der Waals surface area contributed by atoms with Gasteiger partial charge in [-0.3, -0.25) is 0 Å². The van der Waals surface area contributed by atoms with Crippen LogP contribution in [0.5, 0.6) is 0 Å². The molecule has 0 spiro atoms. The van der Waals surface area contributed by atoms with E-state index in [0.29, 0.717) is 0 Å². The first-order valence-corrected chi connectivity index (χ1v) is 4.17. The molecule has 0 aromatic heterocycles. The molecule has 0 radical (unpaired) electrons. The molecule has 0 aromatic carbocycles. The van der Waals surface area contributed by atoms with Crippen LogP contribution >= 0.6 is 11.8 Å². The van der Waals surface area contributed by atoms with Crippen molar-refractivity contribution in [2.24, 2.45) is 0 Å². The molecule has 0 saturated heterocycles. The third kappa shape index (κ3) is 8.27. The fourth-order valence-corrected chi connectivity index (χ4v) is 1.19. The number of ether oxygens (including phenoxy) is 1. The summed E-state index contributed by atoms with van der Waals surface area (Å²) in [5.41, 5.74) is 0. The van der Waals surface area contributed by atoms with Crippen molar-refractivity contribution in [1.29, 1.82) is 0 Å². The maximum absolute atomic E-state index is 8.79. The molecule has 3 heteroatoms. The predicted molar refractivity (Wildman–Crippen MR) is 40.9 cm³/mol. The topological polar surface area (TPSA) is 29.5 Å². The van der Waals surface area contributed by atoms with Crippen molar-refractivity contribution in [2.45, 2.75) is 13.0 Å². The summed E-state index contributed by atoms with van der Waals surface area (Å²) >= 11 is 1.71. The first-order chi connectivity index (χ1) is 4.27. The second-order valence-corrected chi connectivity index (χ2v) is 3.07. The van der Waals surface area contributed by atoms with E-state index < -0.39 is 0 Å². The zero-order chi connectivity index (χ0) is 7.11. The Labute approximate surface area is 60.6 Å². The van der Waals surface area contributed by atoms with E-state index in [2.05, 4.69) is 0 Å². The van der Waals surface area contributed by atoms with Crippen molar-refractivity contribution in [3.05, 3.63) is 0 Å². The Kier molecular flexibility index (Phi) is 6.58. The molecule has 0 unspecified atom stereocenters. The molecule has 2 nitrogen and oxygen atoms in total. The van der Waals surface area contributed by atoms with Crippen LogP contribution in [0.3, 0.4) is 0 Å². The van der Waals surface area contributed by atoms with Crippen molar-refractivity contribution >= 4 is 11.8 Å². The third-order valence-electron chi connectivity index (χ3n) is 0.791. The first kappa shape index (κ1) is 9.27. The zero-order valence-electron chi connectivity index (χ0n) is 5.96. The molecule has 9 heavy (non-hydrogen) atoms. The van der Waals surface area contributed by atoms with E-state index in [-0.39, 0.29) is 6.10 Å². The van der Waals surface area contributed by atoms with Gasteiger partial charge in [0.1, 0.15) is 0 Å². The van der Waals surface area contributed by atoms with Crippen molar-refractivity contribution in [1.82, 2.24) is 0 Å². The van der Waals surface area contributed by atoms with Gasteiger partial charge in [0.25, 0.3) is 0 Å². The van der Waals surface area contributed by atoms with Crippen LogP contribution in [-0.4, -0.2) is 36.4 Å². The van der Waals surface area contributed by atoms with Gasteiger partial charge in [-0.2, -0.15) is 11.8 Å². The van der Waals surface area contributed by atoms with E-state index >= 15 is 0 Å². The minimum atomic E-state index is -0.188. The van der Waals surface area contributed by atoms with E-state index in [1.807, 2.05) is 0 Å². The first-order valence-electron chi connectivity index (χ1n) is 3.02. The normalized spacial score (nSPS) is 13.7. The summed E-state index contributed by atoms with van der Waals surface area (Å²) in [6.45, 7) is 2.57. The Bertz CT molecular complexity index is 57.0. The lowest BCUT2D eigenvalue weighted by atomic mass is 10.5. The Hall–Kier alpha value is 0.270. The number of hydrogen-bond acceptors (Lipinski definition) is 3. The minimum Gasteiger partial charge on any atom is -0.393 e. The van der Waals surface area contributed by atoms with Crippen LogP contribution in [0.25, 0.3) is 0 Å². The van der Waals surface area contributed by atoms with Crippen LogP contribution in [0.4, 0.5) is 0 Å². The Morgan fingerprint density at radius 2 is 2.33 bits per heavy atom. The molecule has 1 N–H and O–H groups in total. The molecule has 0 aliphatic heterocycles. The molecule has 0 aromatic rings. The number of thioether (sulfide) groups is 1. The lowest BCUT2D eigenvalue weighted by molar-refractivity contribution is 0.215. The summed E-state index contributed by atoms with van der Waals surface area (Å²) in [6.07, 6.45) is -0.188. The molecule has 1 atom stereocenters. The number of rotatable bonds is 5. The Morgan fingerprint density at radius 3 is 2.78 bits per heavy atom. The lowest BCUT2D eigenvalue weighted by Crippen LogP contribution is -2.04. The van der Waals surface area contributed by atoms with Crippen molar-refractivity contribution in [2.75, 3.05) is 25.2 Å². The number of aliphatic hydroxyl groups is 1. The van der Waals surface area contributed by atoms with Gasteiger partial charge in [-0.1, -0.05) is 0 Å². The average molecular weight is 150 g/mol. The van der Waals surface area contributed by atoms with E-state index in [1.54, 1.807) is 25.8 Å². The fraction of sp³-hybridized carbons (Fsp3) is 1.00. The monoisotopic (exact) mass is 150 g/mol. The number of hydrogen-bond donors (Lipinski definition) is 1. The second-order valence-electron chi connectivity index (χ2n) is 1.92. The van der Waals surface area contributed by atoms with Crippen LogP contribution < -0.4 is 0 Å². The fourth-order valence-electron chi connectivity index (χ4n) is 0.396. The van der Waals surface area contributed by atoms with Crippen LogP contribution in [0.1, 0.15) is 6.92 Å². The van der Waals surface area contributed by atoms with Gasteiger partial charge in [-0.15, -0.1) is 0 Å². The molecule has 0 fully saturated rings. The summed E-state index contributed by atoms with van der Waals surface area (Å²) in [5.74, 6) is 1.78. The highest BCUT2D eigenvalue weighted by atomic mass is 32.2. The number of methoxy groups -OCH3 is 1. The van der Waals surface area contributed by atoms with Crippen LogP contribution in [-0.2, 0) is 4.74 Å². The summed E-state index contributed by atoms with van der Waals surface area (Å²) in [6, 6.07) is 0. The van der Waals surface area contributed by atoms with Crippen LogP contribution in [0, 0.1) is 0 Å². The molecular formula is C6H14O2S. The quantitative estimate of drug-likeness (QED) is 0.586. The molecule has 0 heterocycles. The molecule has 0 saturated carbocycles. The van der Waals surface area contributed by atoms with Crippen molar-refractivity contribution in [3.63, 3.8) is 0 Å². The molecule has 0 rings (SSSR count). The highest BCUT2D eigenvalue weighted by Crippen LogP contribution is 2.01. The second kappa shape index (κ2) is 6.39. The largest absolute Gasteiger partial charge is 0.393 e. The zero-order valence-corrected chi connectivity index (χ0v) is 6.78. The van der Waals surface area contributed by atoms with Gasteiger partial charge in [0.15, 0.2) is 0 Å². The van der Waals surface area contributed by atoms with Gasteiger partial charge in [-0.05, 0) is 6.92 Å². The van der Waals surface area contributed by atoms with Gasteiger partial charge in [0, 0.05) is 18.6 Å². The maximum Gasteiger partial charge on any atom is 0.0602 e. The summed E-state index contributed by atoms with van der Waals surface area (Å²) in [5, 5.41) is 8.79. The third-order valence-corrected chi connectivity index (χ3v) is 1.96. The SMILES string of the molecule is COCCSC[C@@H](C)O. The van der Waals surface area contributed by atoms with Gasteiger partial charge >= 0.3 is 0 Å². The van der Waals surface area contributed by atoms with Crippen LogP contribution in [0.15, 0.2) is 0 Å². The molecule has 0 bridgehead atoms. The Morgan fingerprint density at radius 1 is 1.67 bits per heavy atom. The van der Waals surface area contributed by atoms with Gasteiger partial charge in [0.2, 0.25) is 0 Å². The standard InChI is InChI=1S/C6H14O2S/c1-6(7)5-9-4-3-8-2/h6-7H,3-5H2,1-2H3/t6-/m1/s1. The molecule has 0 amide bonds. The average Bonchev–Trinajstić information content (AvgIpc) is 1.80. The lowest BCUT2D eigenvalue weighted by Gasteiger charge is -2.01. The highest BCUT2D eigenvalue weighted by Gasteiger charge is 1.93. The van der Waals surface area contributed by atoms with E-state index in [4.69, 9.17) is 9.84 Å². The van der Waals surface area contributed by atoms with Crippen LogP contribution in [0.2, 0.25) is 0 Å². The van der Waals surface area contributed by atoms with E-state index in [0.717, 1.165) is 18.1 Å². The number of aliphatic hydroxyl groups excluding tert-OH is 1. The van der Waals surface area contributed by atoms with Gasteiger partial charge in [-0.25, -0.2) is 0 Å². The van der Waals surface area contributed by atoms with Gasteiger partial charge in [0.05, 0.1) is 12.7 Å². The maximum atomic E-state index is 8.79. The summed E-state index contributed by atoms with van der Waals surface area (Å²) in [7, 11) is 1.68. The predicted octanol–water partition coefficient (Wildman–Crippen LogP) is 0.747. The minimum absolute atomic E-state index is 0.188.